The van der Waals surface area contributed by atoms with Crippen LogP contribution in [0.4, 0.5) is 0 Å². The van der Waals surface area contributed by atoms with Gasteiger partial charge in [0, 0.05) is 0 Å². The first-order valence-electron chi connectivity index (χ1n) is 5.76. The largest absolute Gasteiger partial charge is 0.0533 e. The summed E-state index contributed by atoms with van der Waals surface area (Å²) < 4.78 is 0. The number of rotatable bonds is 0. The highest BCUT2D eigenvalue weighted by Gasteiger charge is 2.31. The van der Waals surface area contributed by atoms with Gasteiger partial charge in [-0.15, -0.1) is 0 Å². The van der Waals surface area contributed by atoms with E-state index in [4.69, 9.17) is 0 Å². The lowest BCUT2D eigenvalue weighted by Gasteiger charge is -2.36. The van der Waals surface area contributed by atoms with Crippen molar-refractivity contribution in [2.24, 2.45) is 5.41 Å². The SMILES string of the molecule is [CH]1CCCCC12CCCCCC2. The summed E-state index contributed by atoms with van der Waals surface area (Å²) in [7, 11) is 0. The molecule has 69 valence electrons. The molecule has 0 heterocycles. The molecule has 12 heavy (non-hydrogen) atoms. The molecule has 0 unspecified atom stereocenters. The van der Waals surface area contributed by atoms with Crippen molar-refractivity contribution in [3.63, 3.8) is 0 Å². The van der Waals surface area contributed by atoms with Gasteiger partial charge in [-0.3, -0.25) is 0 Å². The fourth-order valence-corrected chi connectivity index (χ4v) is 3.02. The van der Waals surface area contributed by atoms with E-state index in [1.807, 2.05) is 0 Å². The van der Waals surface area contributed by atoms with E-state index >= 15 is 0 Å². The molecule has 0 atom stereocenters. The molecule has 2 aliphatic carbocycles. The summed E-state index contributed by atoms with van der Waals surface area (Å²) in [5.74, 6) is 0. The van der Waals surface area contributed by atoms with Crippen molar-refractivity contribution >= 4 is 0 Å². The predicted octanol–water partition coefficient (Wildman–Crippen LogP) is 4.11. The molecule has 0 N–H and O–H groups in total. The van der Waals surface area contributed by atoms with Crippen molar-refractivity contribution in [3.05, 3.63) is 6.42 Å². The fraction of sp³-hybridized carbons (Fsp3) is 0.917. The molecule has 0 bridgehead atoms. The van der Waals surface area contributed by atoms with Crippen LogP contribution in [0.3, 0.4) is 0 Å². The Morgan fingerprint density at radius 3 is 1.75 bits per heavy atom. The zero-order valence-corrected chi connectivity index (χ0v) is 8.15. The number of hydrogen-bond donors (Lipinski definition) is 0. The molecule has 0 aromatic carbocycles. The van der Waals surface area contributed by atoms with E-state index in [9.17, 15) is 0 Å². The summed E-state index contributed by atoms with van der Waals surface area (Å²) in [4.78, 5) is 0. The first-order chi connectivity index (χ1) is 5.91. The normalized spacial score (nSPS) is 30.0. The van der Waals surface area contributed by atoms with Crippen molar-refractivity contribution in [1.29, 1.82) is 0 Å². The maximum Gasteiger partial charge on any atom is -0.0266 e. The molecular weight excluding hydrogens is 144 g/mol. The van der Waals surface area contributed by atoms with Crippen molar-refractivity contribution in [2.45, 2.75) is 64.2 Å². The van der Waals surface area contributed by atoms with Crippen LogP contribution >= 0.6 is 0 Å². The summed E-state index contributed by atoms with van der Waals surface area (Å²) in [5, 5.41) is 0. The van der Waals surface area contributed by atoms with Crippen LogP contribution in [-0.2, 0) is 0 Å². The van der Waals surface area contributed by atoms with Crippen molar-refractivity contribution in [1.82, 2.24) is 0 Å². The molecule has 2 saturated carbocycles. The summed E-state index contributed by atoms with van der Waals surface area (Å²) in [5.41, 5.74) is 0.717. The third-order valence-electron chi connectivity index (χ3n) is 3.81. The molecular formula is C12H21. The molecule has 2 fully saturated rings. The lowest BCUT2D eigenvalue weighted by Crippen LogP contribution is -2.23. The Kier molecular flexibility index (Phi) is 2.73. The first kappa shape index (κ1) is 8.59. The zero-order valence-electron chi connectivity index (χ0n) is 8.15. The maximum absolute atomic E-state index is 2.67. The molecule has 1 radical (unpaired) electrons. The molecule has 0 heteroatoms. The van der Waals surface area contributed by atoms with Crippen LogP contribution in [0, 0.1) is 11.8 Å². The van der Waals surface area contributed by atoms with E-state index < -0.39 is 0 Å². The zero-order chi connectivity index (χ0) is 8.28. The third-order valence-corrected chi connectivity index (χ3v) is 3.81. The lowest BCUT2D eigenvalue weighted by molar-refractivity contribution is 0.230. The molecule has 2 rings (SSSR count). The van der Waals surface area contributed by atoms with E-state index in [0.29, 0.717) is 0 Å². The van der Waals surface area contributed by atoms with Gasteiger partial charge in [-0.25, -0.2) is 0 Å². The minimum absolute atomic E-state index is 0.717. The topological polar surface area (TPSA) is 0 Å². The van der Waals surface area contributed by atoms with Gasteiger partial charge in [-0.1, -0.05) is 38.5 Å². The second-order valence-corrected chi connectivity index (χ2v) is 4.73. The predicted molar refractivity (Wildman–Crippen MR) is 52.9 cm³/mol. The minimum Gasteiger partial charge on any atom is -0.0533 e. The van der Waals surface area contributed by atoms with Crippen molar-refractivity contribution in [2.75, 3.05) is 0 Å². The Labute approximate surface area is 76.7 Å². The van der Waals surface area contributed by atoms with Gasteiger partial charge in [0.2, 0.25) is 0 Å². The van der Waals surface area contributed by atoms with Gasteiger partial charge >= 0.3 is 0 Å². The molecule has 2 aliphatic rings. The van der Waals surface area contributed by atoms with E-state index in [0.717, 1.165) is 5.41 Å². The summed E-state index contributed by atoms with van der Waals surface area (Å²) in [6.07, 6.45) is 17.5. The van der Waals surface area contributed by atoms with Gasteiger partial charge in [0.1, 0.15) is 0 Å². The van der Waals surface area contributed by atoms with E-state index in [-0.39, 0.29) is 0 Å². The Bertz CT molecular complexity index is 121. The standard InChI is InChI=1S/C12H21/c1-2-5-9-12(8-4-1)10-6-3-7-11-12/h10H,1-9,11H2. The number of hydrogen-bond acceptors (Lipinski definition) is 0. The minimum atomic E-state index is 0.717. The molecule has 0 aromatic heterocycles. The average Bonchev–Trinajstić information content (AvgIpc) is 2.33. The van der Waals surface area contributed by atoms with Crippen LogP contribution in [-0.4, -0.2) is 0 Å². The fourth-order valence-electron chi connectivity index (χ4n) is 3.02. The van der Waals surface area contributed by atoms with Gasteiger partial charge in [-0.2, -0.15) is 0 Å². The Hall–Kier alpha value is 0. The Morgan fingerprint density at radius 2 is 1.25 bits per heavy atom. The molecule has 0 amide bonds. The second-order valence-electron chi connectivity index (χ2n) is 4.73. The molecule has 0 aromatic rings. The first-order valence-corrected chi connectivity index (χ1v) is 5.76. The van der Waals surface area contributed by atoms with Crippen LogP contribution in [0.2, 0.25) is 0 Å². The van der Waals surface area contributed by atoms with Gasteiger partial charge in [0.15, 0.2) is 0 Å². The van der Waals surface area contributed by atoms with E-state index in [2.05, 4.69) is 6.42 Å². The highest BCUT2D eigenvalue weighted by molar-refractivity contribution is 4.96. The molecule has 1 spiro atoms. The quantitative estimate of drug-likeness (QED) is 0.507. The molecule has 0 aliphatic heterocycles. The van der Waals surface area contributed by atoms with Gasteiger partial charge < -0.3 is 0 Å². The van der Waals surface area contributed by atoms with Gasteiger partial charge in [0.25, 0.3) is 0 Å². The lowest BCUT2D eigenvalue weighted by atomic mass is 9.69. The highest BCUT2D eigenvalue weighted by Crippen LogP contribution is 2.45. The monoisotopic (exact) mass is 165 g/mol. The highest BCUT2D eigenvalue weighted by atomic mass is 14.4. The Morgan fingerprint density at radius 1 is 0.667 bits per heavy atom. The van der Waals surface area contributed by atoms with Gasteiger partial charge in [0.05, 0.1) is 0 Å². The summed E-state index contributed by atoms with van der Waals surface area (Å²) in [6, 6.07) is 0. The van der Waals surface area contributed by atoms with Gasteiger partial charge in [-0.05, 0) is 37.5 Å². The van der Waals surface area contributed by atoms with Crippen LogP contribution in [0.5, 0.6) is 0 Å². The van der Waals surface area contributed by atoms with Crippen LogP contribution in [0.25, 0.3) is 0 Å². The van der Waals surface area contributed by atoms with E-state index in [1.54, 1.807) is 0 Å². The summed E-state index contributed by atoms with van der Waals surface area (Å²) >= 11 is 0. The van der Waals surface area contributed by atoms with E-state index in [1.165, 1.54) is 64.2 Å². The summed E-state index contributed by atoms with van der Waals surface area (Å²) in [6.45, 7) is 0. The smallest absolute Gasteiger partial charge is 0.0266 e. The van der Waals surface area contributed by atoms with Crippen molar-refractivity contribution in [3.8, 4) is 0 Å². The Balaban J connectivity index is 1.95. The second kappa shape index (κ2) is 3.81. The average molecular weight is 165 g/mol. The van der Waals surface area contributed by atoms with Crippen LogP contribution < -0.4 is 0 Å². The maximum atomic E-state index is 2.67. The van der Waals surface area contributed by atoms with Crippen LogP contribution in [0.15, 0.2) is 0 Å². The molecule has 0 nitrogen and oxygen atoms in total. The van der Waals surface area contributed by atoms with Crippen LogP contribution in [0.1, 0.15) is 64.2 Å². The van der Waals surface area contributed by atoms with Crippen molar-refractivity contribution < 1.29 is 0 Å². The third kappa shape index (κ3) is 1.84. The molecule has 0 saturated heterocycles.